The molecule has 2 aromatic carbocycles. The predicted octanol–water partition coefficient (Wildman–Crippen LogP) is 6.46. The third-order valence-electron chi connectivity index (χ3n) is 4.94. The summed E-state index contributed by atoms with van der Waals surface area (Å²) in [7, 11) is 0. The van der Waals surface area contributed by atoms with E-state index in [0.717, 1.165) is 5.56 Å². The molecule has 1 aliphatic heterocycles. The average molecular weight is 418 g/mol. The Labute approximate surface area is 174 Å². The number of carbonyl (C=O) groups is 1. The highest BCUT2D eigenvalue weighted by molar-refractivity contribution is 6.35. The van der Waals surface area contributed by atoms with Crippen LogP contribution in [0.15, 0.2) is 53.6 Å². The molecule has 1 N–H and O–H groups in total. The zero-order valence-corrected chi connectivity index (χ0v) is 17.2. The molecule has 0 radical (unpaired) electrons. The molecule has 0 bridgehead atoms. The quantitative estimate of drug-likeness (QED) is 0.345. The lowest BCUT2D eigenvalue weighted by atomic mass is 9.79. The molecule has 146 valence electrons. The van der Waals surface area contributed by atoms with Gasteiger partial charge in [0.1, 0.15) is 0 Å². The van der Waals surface area contributed by atoms with Gasteiger partial charge in [0.05, 0.1) is 12.1 Å². The summed E-state index contributed by atoms with van der Waals surface area (Å²) in [6.45, 7) is 4.87. The minimum atomic E-state index is -0.733. The first kappa shape index (κ1) is 20.3. The number of hydrogen-bond acceptors (Lipinski definition) is 2. The largest absolute Gasteiger partial charge is 0.322 e. The molecular weight excluding hydrogens is 397 g/mol. The van der Waals surface area contributed by atoms with Crippen LogP contribution in [0.1, 0.15) is 25.8 Å². The lowest BCUT2D eigenvalue weighted by Gasteiger charge is -2.38. The number of likely N-dealkylation sites (tertiary alicyclic amines) is 1. The number of azide groups is 1. The van der Waals surface area contributed by atoms with Crippen LogP contribution >= 0.6 is 23.2 Å². The standard InChI is InChI=1S/C20H21Cl2N5O/c1-19(2)11-20(12-24-26-23,14-6-4-3-5-7-14)27(13-19)18(28)25-17-9-15(21)8-16(22)10-17/h3-10H,11-13H2,1-2H3,(H,25,28)/t20-/m1/s1. The number of urea groups is 1. The van der Waals surface area contributed by atoms with E-state index < -0.39 is 5.54 Å². The van der Waals surface area contributed by atoms with Crippen molar-refractivity contribution in [2.24, 2.45) is 10.5 Å². The fourth-order valence-corrected chi connectivity index (χ4v) is 4.52. The molecule has 0 aromatic heterocycles. The first-order valence-electron chi connectivity index (χ1n) is 8.87. The highest BCUT2D eigenvalue weighted by Gasteiger charge is 2.51. The number of nitrogens with one attached hydrogen (secondary N) is 1. The molecule has 0 spiro atoms. The average Bonchev–Trinajstić information content (AvgIpc) is 2.92. The summed E-state index contributed by atoms with van der Waals surface area (Å²) in [6.07, 6.45) is 0.673. The van der Waals surface area contributed by atoms with Crippen molar-refractivity contribution in [1.82, 2.24) is 4.90 Å². The molecule has 3 rings (SSSR count). The Hall–Kier alpha value is -2.40. The van der Waals surface area contributed by atoms with Gasteiger partial charge in [-0.05, 0) is 41.1 Å². The third kappa shape index (κ3) is 4.20. The van der Waals surface area contributed by atoms with Crippen molar-refractivity contribution < 1.29 is 4.79 Å². The Morgan fingerprint density at radius 3 is 2.46 bits per heavy atom. The van der Waals surface area contributed by atoms with Gasteiger partial charge >= 0.3 is 6.03 Å². The minimum absolute atomic E-state index is 0.149. The topological polar surface area (TPSA) is 81.1 Å². The molecule has 28 heavy (non-hydrogen) atoms. The molecule has 0 unspecified atom stereocenters. The van der Waals surface area contributed by atoms with Crippen molar-refractivity contribution in [2.45, 2.75) is 25.8 Å². The Morgan fingerprint density at radius 1 is 1.21 bits per heavy atom. The summed E-state index contributed by atoms with van der Waals surface area (Å²) in [4.78, 5) is 18.0. The lowest BCUT2D eigenvalue weighted by Crippen LogP contribution is -2.49. The first-order chi connectivity index (χ1) is 13.3. The fraction of sp³-hybridized carbons (Fsp3) is 0.350. The molecule has 2 amide bonds. The van der Waals surface area contributed by atoms with Gasteiger partial charge in [0.15, 0.2) is 0 Å². The number of anilines is 1. The van der Waals surface area contributed by atoms with Crippen LogP contribution in [0.4, 0.5) is 10.5 Å². The van der Waals surface area contributed by atoms with Gasteiger partial charge in [0, 0.05) is 27.2 Å². The van der Waals surface area contributed by atoms with Crippen LogP contribution in [0.5, 0.6) is 0 Å². The fourth-order valence-electron chi connectivity index (χ4n) is 3.99. The summed E-state index contributed by atoms with van der Waals surface area (Å²) in [5.41, 5.74) is 9.52. The van der Waals surface area contributed by atoms with Gasteiger partial charge in [-0.3, -0.25) is 0 Å². The van der Waals surface area contributed by atoms with Gasteiger partial charge in [0.25, 0.3) is 0 Å². The molecule has 6 nitrogen and oxygen atoms in total. The zero-order chi connectivity index (χ0) is 20.4. The normalized spacial score (nSPS) is 20.5. The van der Waals surface area contributed by atoms with Crippen LogP contribution in [0.2, 0.25) is 10.0 Å². The van der Waals surface area contributed by atoms with Crippen molar-refractivity contribution >= 4 is 34.9 Å². The Bertz CT molecular complexity index is 907. The second kappa shape index (κ2) is 7.92. The van der Waals surface area contributed by atoms with E-state index in [9.17, 15) is 4.79 Å². The molecule has 1 atom stereocenters. The van der Waals surface area contributed by atoms with Gasteiger partial charge in [-0.15, -0.1) is 0 Å². The number of rotatable bonds is 4. The first-order valence-corrected chi connectivity index (χ1v) is 9.62. The summed E-state index contributed by atoms with van der Waals surface area (Å²) < 4.78 is 0. The molecule has 1 aliphatic rings. The Kier molecular flexibility index (Phi) is 5.75. The maximum Gasteiger partial charge on any atom is 0.322 e. The van der Waals surface area contributed by atoms with Gasteiger partial charge < -0.3 is 10.2 Å². The highest BCUT2D eigenvalue weighted by atomic mass is 35.5. The SMILES string of the molecule is CC1(C)CN(C(=O)Nc2cc(Cl)cc(Cl)c2)[C@](CN=[N+]=[N-])(c2ccccc2)C1. The molecule has 0 aliphatic carbocycles. The Balaban J connectivity index is 2.01. The monoisotopic (exact) mass is 417 g/mol. The van der Waals surface area contributed by atoms with Crippen LogP contribution < -0.4 is 5.32 Å². The maximum atomic E-state index is 13.3. The van der Waals surface area contributed by atoms with Crippen LogP contribution in [0.25, 0.3) is 10.4 Å². The summed E-state index contributed by atoms with van der Waals surface area (Å²) in [5, 5.41) is 7.62. The van der Waals surface area contributed by atoms with Gasteiger partial charge in [-0.2, -0.15) is 0 Å². The van der Waals surface area contributed by atoms with Gasteiger partial charge in [-0.25, -0.2) is 4.79 Å². The van der Waals surface area contributed by atoms with Gasteiger partial charge in [0.2, 0.25) is 0 Å². The van der Waals surface area contributed by atoms with Crippen molar-refractivity contribution in [3.63, 3.8) is 0 Å². The second-order valence-electron chi connectivity index (χ2n) is 7.80. The van der Waals surface area contributed by atoms with Crippen molar-refractivity contribution in [3.8, 4) is 0 Å². The van der Waals surface area contributed by atoms with Crippen molar-refractivity contribution in [3.05, 3.63) is 74.6 Å². The van der Waals surface area contributed by atoms with Crippen molar-refractivity contribution in [1.29, 1.82) is 0 Å². The van der Waals surface area contributed by atoms with Crippen LogP contribution in [-0.2, 0) is 5.54 Å². The van der Waals surface area contributed by atoms with E-state index in [1.165, 1.54) is 0 Å². The number of nitrogens with zero attached hydrogens (tertiary/aromatic N) is 4. The van der Waals surface area contributed by atoms with Crippen LogP contribution in [0, 0.1) is 5.41 Å². The summed E-state index contributed by atoms with van der Waals surface area (Å²) >= 11 is 12.1. The number of amides is 2. The third-order valence-corrected chi connectivity index (χ3v) is 5.38. The molecule has 2 aromatic rings. The second-order valence-corrected chi connectivity index (χ2v) is 8.67. The molecule has 1 heterocycles. The molecule has 0 saturated carbocycles. The molecule has 1 saturated heterocycles. The summed E-state index contributed by atoms with van der Waals surface area (Å²) in [5.74, 6) is 0. The highest BCUT2D eigenvalue weighted by Crippen LogP contribution is 2.48. The predicted molar refractivity (Wildman–Crippen MR) is 113 cm³/mol. The van der Waals surface area contributed by atoms with Gasteiger partial charge in [-0.1, -0.05) is 72.5 Å². The summed E-state index contributed by atoms with van der Waals surface area (Å²) in [6, 6.07) is 14.3. The van der Waals surface area contributed by atoms with E-state index in [4.69, 9.17) is 28.7 Å². The zero-order valence-electron chi connectivity index (χ0n) is 15.7. The minimum Gasteiger partial charge on any atom is -0.314 e. The number of halogens is 2. The molecular formula is C20H21Cl2N5O. The maximum absolute atomic E-state index is 13.3. The van der Waals surface area contributed by atoms with E-state index in [0.29, 0.717) is 28.7 Å². The van der Waals surface area contributed by atoms with E-state index in [1.54, 1.807) is 23.1 Å². The number of benzene rings is 2. The van der Waals surface area contributed by atoms with E-state index in [-0.39, 0.29) is 18.0 Å². The lowest BCUT2D eigenvalue weighted by molar-refractivity contribution is 0.161. The smallest absolute Gasteiger partial charge is 0.314 e. The number of hydrogen-bond donors (Lipinski definition) is 1. The van der Waals surface area contributed by atoms with E-state index >= 15 is 0 Å². The van der Waals surface area contributed by atoms with E-state index in [2.05, 4.69) is 29.2 Å². The van der Waals surface area contributed by atoms with E-state index in [1.807, 2.05) is 30.3 Å². The molecule has 1 fully saturated rings. The Morgan fingerprint density at radius 2 is 1.86 bits per heavy atom. The van der Waals surface area contributed by atoms with Crippen molar-refractivity contribution in [2.75, 3.05) is 18.4 Å². The number of carbonyl (C=O) groups excluding carboxylic acids is 1. The van der Waals surface area contributed by atoms with Crippen LogP contribution in [0.3, 0.4) is 0 Å². The molecule has 8 heteroatoms. The van der Waals surface area contributed by atoms with Crippen LogP contribution in [-0.4, -0.2) is 24.0 Å².